The standard InChI is InChI=1S/C39H42BN3O12/c44-34(31-19-10-22-41(31)37(47)50-25-28-13-4-1-5-14-28)53-40(54-35(45)32-20-11-23-42(32)38(48)51-26-29-15-6-2-7-16-29)55-36(46)33-21-12-24-43(33)39(49)52-27-30-17-8-3-9-18-30/h1-9,13-18,31-33H,10-12,19-27H2/q-1/t31-,32-,33-/m0/s1. The van der Waals surface area contributed by atoms with Crippen LogP contribution in [0.4, 0.5) is 14.4 Å². The molecule has 0 aliphatic carbocycles. The Hall–Kier alpha value is -6.06. The van der Waals surface area contributed by atoms with E-state index in [-0.39, 0.29) is 58.7 Å². The van der Waals surface area contributed by atoms with E-state index in [1.807, 2.05) is 18.2 Å². The molecule has 55 heavy (non-hydrogen) atoms. The maximum absolute atomic E-state index is 13.6. The summed E-state index contributed by atoms with van der Waals surface area (Å²) in [6.45, 7) is 0.527. The highest BCUT2D eigenvalue weighted by Crippen LogP contribution is 2.25. The van der Waals surface area contributed by atoms with Gasteiger partial charge in [-0.25, -0.2) is 14.4 Å². The lowest BCUT2D eigenvalue weighted by molar-refractivity contribution is -0.153. The molecule has 3 aromatic rings. The summed E-state index contributed by atoms with van der Waals surface area (Å²) >= 11 is 0. The van der Waals surface area contributed by atoms with Gasteiger partial charge < -0.3 is 28.2 Å². The third-order valence-corrected chi connectivity index (χ3v) is 9.53. The van der Waals surface area contributed by atoms with Crippen LogP contribution < -0.4 is 0 Å². The zero-order chi connectivity index (χ0) is 38.6. The van der Waals surface area contributed by atoms with Crippen molar-refractivity contribution >= 4 is 43.5 Å². The molecular formula is C39H42BN3O12-. The summed E-state index contributed by atoms with van der Waals surface area (Å²) in [6, 6.07) is 23.7. The first-order chi connectivity index (χ1) is 26.8. The Morgan fingerprint density at radius 2 is 0.727 bits per heavy atom. The maximum atomic E-state index is 13.6. The quantitative estimate of drug-likeness (QED) is 0.180. The van der Waals surface area contributed by atoms with Gasteiger partial charge in [0.15, 0.2) is 0 Å². The van der Waals surface area contributed by atoms with Crippen molar-refractivity contribution in [3.05, 3.63) is 108 Å². The molecular weight excluding hydrogens is 713 g/mol. The van der Waals surface area contributed by atoms with Crippen molar-refractivity contribution in [1.82, 2.24) is 14.7 Å². The van der Waals surface area contributed by atoms with Gasteiger partial charge in [-0.1, -0.05) is 91.0 Å². The minimum absolute atomic E-state index is 0.0207. The van der Waals surface area contributed by atoms with Gasteiger partial charge >= 0.3 is 25.6 Å². The maximum Gasteiger partial charge on any atom is 0.526 e. The summed E-state index contributed by atoms with van der Waals surface area (Å²) in [5.74, 6) is -3.01. The summed E-state index contributed by atoms with van der Waals surface area (Å²) in [7, 11) is -2.21. The lowest BCUT2D eigenvalue weighted by Crippen LogP contribution is -2.49. The van der Waals surface area contributed by atoms with Crippen molar-refractivity contribution in [3.63, 3.8) is 0 Å². The molecule has 3 aliphatic rings. The zero-order valence-corrected chi connectivity index (χ0v) is 30.2. The lowest BCUT2D eigenvalue weighted by Gasteiger charge is -2.35. The van der Waals surface area contributed by atoms with Crippen molar-refractivity contribution < 1.29 is 56.9 Å². The molecule has 3 aliphatic heterocycles. The second-order valence-corrected chi connectivity index (χ2v) is 13.3. The van der Waals surface area contributed by atoms with Crippen LogP contribution in [0.25, 0.3) is 0 Å². The van der Waals surface area contributed by atoms with Crippen LogP contribution in [-0.4, -0.2) is 96.0 Å². The van der Waals surface area contributed by atoms with E-state index in [0.29, 0.717) is 19.3 Å². The first kappa shape index (κ1) is 38.7. The molecule has 3 aromatic carbocycles. The van der Waals surface area contributed by atoms with E-state index >= 15 is 0 Å². The lowest BCUT2D eigenvalue weighted by atomic mass is 10.1. The number of likely N-dealkylation sites (tertiary alicyclic amines) is 3. The summed E-state index contributed by atoms with van der Waals surface area (Å²) in [5, 5.41) is 0. The van der Waals surface area contributed by atoms with Crippen LogP contribution in [0.1, 0.15) is 55.2 Å². The number of carbonyl (C=O) groups excluding carboxylic acids is 6. The Morgan fingerprint density at radius 3 is 1.00 bits per heavy atom. The Balaban J connectivity index is 1.12. The Morgan fingerprint density at radius 1 is 0.455 bits per heavy atom. The van der Waals surface area contributed by atoms with Gasteiger partial charge in [-0.05, 0) is 55.2 Å². The first-order valence-electron chi connectivity index (χ1n) is 18.3. The highest BCUT2D eigenvalue weighted by Gasteiger charge is 2.41. The second-order valence-electron chi connectivity index (χ2n) is 13.3. The monoisotopic (exact) mass is 755 g/mol. The van der Waals surface area contributed by atoms with E-state index < -0.39 is 61.6 Å². The number of nitrogens with zero attached hydrogens (tertiary/aromatic N) is 3. The molecule has 0 N–H and O–H groups in total. The molecule has 0 unspecified atom stereocenters. The second kappa shape index (κ2) is 18.8. The largest absolute Gasteiger partial charge is 0.641 e. The predicted octanol–water partition coefficient (Wildman–Crippen LogP) is 5.00. The van der Waals surface area contributed by atoms with Crippen molar-refractivity contribution in [1.29, 1.82) is 0 Å². The normalized spacial score (nSPS) is 19.1. The Labute approximate surface area is 318 Å². The van der Waals surface area contributed by atoms with Gasteiger partial charge in [0, 0.05) is 19.6 Å². The van der Waals surface area contributed by atoms with E-state index in [4.69, 9.17) is 28.2 Å². The van der Waals surface area contributed by atoms with Crippen molar-refractivity contribution in [2.75, 3.05) is 19.6 Å². The molecule has 6 rings (SSSR count). The molecule has 1 radical (unpaired) electrons. The fourth-order valence-corrected chi connectivity index (χ4v) is 6.69. The van der Waals surface area contributed by atoms with Crippen LogP contribution in [0.15, 0.2) is 91.0 Å². The zero-order valence-electron chi connectivity index (χ0n) is 30.2. The number of ether oxygens (including phenoxy) is 3. The number of rotatable bonds is 12. The van der Waals surface area contributed by atoms with Crippen molar-refractivity contribution in [2.45, 2.75) is 76.5 Å². The van der Waals surface area contributed by atoms with E-state index in [1.54, 1.807) is 72.8 Å². The van der Waals surface area contributed by atoms with Gasteiger partial charge in [0.25, 0.3) is 17.9 Å². The number of benzene rings is 3. The fraction of sp³-hybridized carbons (Fsp3) is 0.385. The number of hydrogen-bond acceptors (Lipinski definition) is 12. The molecule has 16 heteroatoms. The smallest absolute Gasteiger partial charge is 0.526 e. The predicted molar refractivity (Wildman–Crippen MR) is 193 cm³/mol. The van der Waals surface area contributed by atoms with Gasteiger partial charge in [-0.15, -0.1) is 0 Å². The van der Waals surface area contributed by atoms with E-state index in [1.165, 1.54) is 14.7 Å². The van der Waals surface area contributed by atoms with Gasteiger partial charge in [-0.3, -0.25) is 29.1 Å². The summed E-state index contributed by atoms with van der Waals surface area (Å²) in [6.07, 6.45) is -0.262. The van der Waals surface area contributed by atoms with Crippen LogP contribution in [0, 0.1) is 0 Å². The van der Waals surface area contributed by atoms with Crippen LogP contribution in [0.3, 0.4) is 0 Å². The number of carbonyl (C=O) groups is 6. The average Bonchev–Trinajstić information content (AvgIpc) is 4.01. The highest BCUT2D eigenvalue weighted by molar-refractivity contribution is 6.44. The average molecular weight is 756 g/mol. The third-order valence-electron chi connectivity index (χ3n) is 9.53. The minimum Gasteiger partial charge on any atom is -0.641 e. The Kier molecular flexibility index (Phi) is 13.2. The SMILES string of the molecule is O=C(O[B-](OC(=O)[C@@H]1CCCN1C(=O)OCc1ccccc1)OC(=O)[C@@H]1CCCN1C(=O)OCc1ccccc1)[C@@H]1CCCN1C(=O)OCc1ccccc1. The molecule has 3 amide bonds. The first-order valence-corrected chi connectivity index (χ1v) is 18.3. The minimum atomic E-state index is -2.21. The number of amides is 3. The van der Waals surface area contributed by atoms with E-state index in [9.17, 15) is 28.8 Å². The number of hydrogen-bond donors (Lipinski definition) is 0. The Bertz CT molecular complexity index is 1590. The summed E-state index contributed by atoms with van der Waals surface area (Å²) in [4.78, 5) is 83.6. The fourth-order valence-electron chi connectivity index (χ4n) is 6.69. The van der Waals surface area contributed by atoms with E-state index in [0.717, 1.165) is 16.7 Å². The van der Waals surface area contributed by atoms with Crippen molar-refractivity contribution in [3.8, 4) is 0 Å². The molecule has 0 saturated carbocycles. The van der Waals surface area contributed by atoms with Crippen LogP contribution >= 0.6 is 0 Å². The van der Waals surface area contributed by atoms with Crippen LogP contribution in [0.5, 0.6) is 0 Å². The summed E-state index contributed by atoms with van der Waals surface area (Å²) in [5.41, 5.74) is 2.26. The topological polar surface area (TPSA) is 168 Å². The summed E-state index contributed by atoms with van der Waals surface area (Å²) < 4.78 is 32.8. The van der Waals surface area contributed by atoms with Crippen LogP contribution in [-0.2, 0) is 62.4 Å². The highest BCUT2D eigenvalue weighted by atomic mass is 16.8. The third kappa shape index (κ3) is 10.3. The van der Waals surface area contributed by atoms with Gasteiger partial charge in [0.2, 0.25) is 0 Å². The molecule has 15 nitrogen and oxygen atoms in total. The van der Waals surface area contributed by atoms with Crippen LogP contribution in [0.2, 0.25) is 0 Å². The van der Waals surface area contributed by atoms with E-state index in [2.05, 4.69) is 0 Å². The molecule has 0 aromatic heterocycles. The molecule has 3 atom stereocenters. The molecule has 0 spiro atoms. The van der Waals surface area contributed by atoms with Gasteiger partial charge in [-0.2, -0.15) is 0 Å². The van der Waals surface area contributed by atoms with Crippen molar-refractivity contribution in [2.24, 2.45) is 0 Å². The molecule has 3 saturated heterocycles. The van der Waals surface area contributed by atoms with Gasteiger partial charge in [0.1, 0.15) is 37.9 Å². The molecule has 3 heterocycles. The molecule has 0 bridgehead atoms. The molecule has 289 valence electrons. The van der Waals surface area contributed by atoms with Gasteiger partial charge in [0.05, 0.1) is 0 Å². The molecule has 3 fully saturated rings.